The Hall–Kier alpha value is -0.0400. The van der Waals surface area contributed by atoms with E-state index in [0.717, 1.165) is 11.8 Å². The first-order chi connectivity index (χ1) is 5.95. The molecule has 0 atom stereocenters. The van der Waals surface area contributed by atoms with Crippen LogP contribution < -0.4 is 5.32 Å². The van der Waals surface area contributed by atoms with Gasteiger partial charge in [-0.1, -0.05) is 25.7 Å². The van der Waals surface area contributed by atoms with Crippen molar-refractivity contribution in [1.29, 1.82) is 0 Å². The lowest BCUT2D eigenvalue weighted by molar-refractivity contribution is 0.565. The van der Waals surface area contributed by atoms with E-state index in [4.69, 9.17) is 0 Å². The smallest absolute Gasteiger partial charge is 0.00205 e. The summed E-state index contributed by atoms with van der Waals surface area (Å²) in [7, 11) is 0. The maximum Gasteiger partial charge on any atom is -0.00205 e. The highest BCUT2D eigenvalue weighted by molar-refractivity contribution is 4.75. The molecule has 0 unspecified atom stereocenters. The van der Waals surface area contributed by atoms with E-state index in [1.807, 2.05) is 0 Å². The molecule has 1 heteroatoms. The molecule has 0 aromatic rings. The van der Waals surface area contributed by atoms with Gasteiger partial charge in [-0.15, -0.1) is 0 Å². The molecule has 0 spiro atoms. The summed E-state index contributed by atoms with van der Waals surface area (Å²) < 4.78 is 0. The van der Waals surface area contributed by atoms with E-state index in [-0.39, 0.29) is 0 Å². The Kier molecular flexibility index (Phi) is 3.04. The summed E-state index contributed by atoms with van der Waals surface area (Å²) >= 11 is 0. The van der Waals surface area contributed by atoms with Crippen molar-refractivity contribution in [1.82, 2.24) is 5.32 Å². The van der Waals surface area contributed by atoms with Gasteiger partial charge < -0.3 is 5.32 Å². The molecule has 0 aliphatic heterocycles. The molecular formula is C11H21N. The number of unbranched alkanes of at least 4 members (excludes halogenated alkanes) is 1. The monoisotopic (exact) mass is 167 g/mol. The van der Waals surface area contributed by atoms with Crippen LogP contribution in [0.1, 0.15) is 44.9 Å². The molecule has 0 radical (unpaired) electrons. The van der Waals surface area contributed by atoms with Gasteiger partial charge in [-0.3, -0.25) is 0 Å². The van der Waals surface area contributed by atoms with Gasteiger partial charge in [0.1, 0.15) is 0 Å². The molecule has 1 nitrogen and oxygen atoms in total. The second kappa shape index (κ2) is 4.27. The van der Waals surface area contributed by atoms with Crippen LogP contribution >= 0.6 is 0 Å². The van der Waals surface area contributed by atoms with Gasteiger partial charge in [-0.2, -0.15) is 0 Å². The molecule has 0 aromatic carbocycles. The van der Waals surface area contributed by atoms with E-state index in [9.17, 15) is 0 Å². The van der Waals surface area contributed by atoms with Gasteiger partial charge in [0.15, 0.2) is 0 Å². The zero-order chi connectivity index (χ0) is 8.23. The Labute approximate surface area is 75.9 Å². The van der Waals surface area contributed by atoms with Crippen LogP contribution in [0.15, 0.2) is 0 Å². The quantitative estimate of drug-likeness (QED) is 0.575. The predicted octanol–water partition coefficient (Wildman–Crippen LogP) is 2.57. The molecule has 0 bridgehead atoms. The van der Waals surface area contributed by atoms with Gasteiger partial charge in [0.25, 0.3) is 0 Å². The zero-order valence-electron chi connectivity index (χ0n) is 8.02. The van der Waals surface area contributed by atoms with E-state index in [1.54, 1.807) is 0 Å². The maximum atomic E-state index is 3.54. The minimum absolute atomic E-state index is 1.05. The third kappa shape index (κ3) is 3.57. The van der Waals surface area contributed by atoms with Gasteiger partial charge in [-0.25, -0.2) is 0 Å². The lowest BCUT2D eigenvalue weighted by atomic mass is 10.2. The molecule has 1 N–H and O–H groups in total. The minimum atomic E-state index is 1.05. The average molecular weight is 167 g/mol. The highest BCUT2D eigenvalue weighted by atomic mass is 14.9. The summed E-state index contributed by atoms with van der Waals surface area (Å²) in [6.07, 6.45) is 10.4. The SMILES string of the molecule is C(CCC1CC1)CNCC1CC1. The third-order valence-electron chi connectivity index (χ3n) is 3.04. The Morgan fingerprint density at radius 3 is 2.33 bits per heavy atom. The lowest BCUT2D eigenvalue weighted by Crippen LogP contribution is -2.17. The molecule has 0 amide bonds. The van der Waals surface area contributed by atoms with Crippen molar-refractivity contribution in [2.75, 3.05) is 13.1 Å². The molecule has 70 valence electrons. The van der Waals surface area contributed by atoms with Crippen LogP contribution in [0.4, 0.5) is 0 Å². The summed E-state index contributed by atoms with van der Waals surface area (Å²) in [5.41, 5.74) is 0. The summed E-state index contributed by atoms with van der Waals surface area (Å²) in [5.74, 6) is 2.18. The molecule has 2 aliphatic carbocycles. The first-order valence-corrected chi connectivity index (χ1v) is 5.66. The van der Waals surface area contributed by atoms with Crippen LogP contribution in [0, 0.1) is 11.8 Å². The highest BCUT2D eigenvalue weighted by Gasteiger charge is 2.21. The van der Waals surface area contributed by atoms with Crippen LogP contribution in [0.25, 0.3) is 0 Å². The van der Waals surface area contributed by atoms with Crippen LogP contribution in [0.2, 0.25) is 0 Å². The van der Waals surface area contributed by atoms with Gasteiger partial charge in [0, 0.05) is 0 Å². The average Bonchev–Trinajstić information content (AvgIpc) is 2.89. The van der Waals surface area contributed by atoms with Gasteiger partial charge >= 0.3 is 0 Å². The molecule has 0 heterocycles. The molecular weight excluding hydrogens is 146 g/mol. The summed E-state index contributed by atoms with van der Waals surface area (Å²) in [6.45, 7) is 2.56. The van der Waals surface area contributed by atoms with E-state index >= 15 is 0 Å². The topological polar surface area (TPSA) is 12.0 Å². The number of hydrogen-bond donors (Lipinski definition) is 1. The Bertz CT molecular complexity index is 109. The molecule has 0 saturated heterocycles. The molecule has 2 rings (SSSR count). The van der Waals surface area contributed by atoms with Crippen molar-refractivity contribution in [2.45, 2.75) is 44.9 Å². The van der Waals surface area contributed by atoms with E-state index < -0.39 is 0 Å². The van der Waals surface area contributed by atoms with Gasteiger partial charge in [0.05, 0.1) is 0 Å². The van der Waals surface area contributed by atoms with Crippen molar-refractivity contribution < 1.29 is 0 Å². The molecule has 0 aromatic heterocycles. The summed E-state index contributed by atoms with van der Waals surface area (Å²) in [4.78, 5) is 0. The fourth-order valence-corrected chi connectivity index (χ4v) is 1.72. The van der Waals surface area contributed by atoms with Crippen molar-refractivity contribution in [2.24, 2.45) is 11.8 Å². The van der Waals surface area contributed by atoms with Crippen molar-refractivity contribution in [3.8, 4) is 0 Å². The number of rotatable bonds is 7. The first kappa shape index (κ1) is 8.55. The lowest BCUT2D eigenvalue weighted by Gasteiger charge is -2.02. The minimum Gasteiger partial charge on any atom is -0.316 e. The van der Waals surface area contributed by atoms with Crippen LogP contribution in [0.3, 0.4) is 0 Å². The number of nitrogens with one attached hydrogen (secondary N) is 1. The predicted molar refractivity (Wildman–Crippen MR) is 52.2 cm³/mol. The van der Waals surface area contributed by atoms with Crippen molar-refractivity contribution in [3.05, 3.63) is 0 Å². The third-order valence-corrected chi connectivity index (χ3v) is 3.04. The fourth-order valence-electron chi connectivity index (χ4n) is 1.72. The first-order valence-electron chi connectivity index (χ1n) is 5.66. The van der Waals surface area contributed by atoms with Crippen molar-refractivity contribution in [3.63, 3.8) is 0 Å². The second-order valence-electron chi connectivity index (χ2n) is 4.59. The largest absolute Gasteiger partial charge is 0.316 e. The maximum absolute atomic E-state index is 3.54. The molecule has 2 aliphatic rings. The summed E-state index contributed by atoms with van der Waals surface area (Å²) in [6, 6.07) is 0. The zero-order valence-corrected chi connectivity index (χ0v) is 8.02. The Morgan fingerprint density at radius 1 is 0.917 bits per heavy atom. The van der Waals surface area contributed by atoms with E-state index in [2.05, 4.69) is 5.32 Å². The molecule has 2 fully saturated rings. The fraction of sp³-hybridized carbons (Fsp3) is 1.00. The van der Waals surface area contributed by atoms with Crippen molar-refractivity contribution >= 4 is 0 Å². The van der Waals surface area contributed by atoms with Crippen LogP contribution in [-0.4, -0.2) is 13.1 Å². The van der Waals surface area contributed by atoms with E-state index in [0.29, 0.717) is 0 Å². The standard InChI is InChI=1S/C11H21N/c1(3-10-4-5-10)2-8-12-9-11-6-7-11/h10-12H,1-9H2. The van der Waals surface area contributed by atoms with Crippen LogP contribution in [0.5, 0.6) is 0 Å². The molecule has 2 saturated carbocycles. The van der Waals surface area contributed by atoms with Gasteiger partial charge in [0.2, 0.25) is 0 Å². The number of hydrogen-bond acceptors (Lipinski definition) is 1. The van der Waals surface area contributed by atoms with Crippen LogP contribution in [-0.2, 0) is 0 Å². The Balaban J connectivity index is 1.31. The van der Waals surface area contributed by atoms with Gasteiger partial charge in [-0.05, 0) is 44.2 Å². The normalized spacial score (nSPS) is 23.0. The summed E-state index contributed by atoms with van der Waals surface area (Å²) in [5, 5.41) is 3.54. The molecule has 12 heavy (non-hydrogen) atoms. The second-order valence-corrected chi connectivity index (χ2v) is 4.59. The highest BCUT2D eigenvalue weighted by Crippen LogP contribution is 2.33. The Morgan fingerprint density at radius 2 is 1.67 bits per heavy atom. The van der Waals surface area contributed by atoms with E-state index in [1.165, 1.54) is 58.0 Å².